The zero-order valence-corrected chi connectivity index (χ0v) is 11.4. The van der Waals surface area contributed by atoms with Gasteiger partial charge in [0.15, 0.2) is 0 Å². The standard InChI is InChI=1S/C15H22FNO2/c1-12(17-7-8-19-15(10-17)11-18)5-6-13-3-2-4-14(16)9-13/h2-4,9,12,15,18H,5-8,10-11H2,1H3/t12-,15+/m1/s1. The average Bonchev–Trinajstić information content (AvgIpc) is 2.45. The lowest BCUT2D eigenvalue weighted by atomic mass is 10.0. The molecule has 1 saturated heterocycles. The molecule has 0 radical (unpaired) electrons. The minimum Gasteiger partial charge on any atom is -0.394 e. The Morgan fingerprint density at radius 3 is 3.11 bits per heavy atom. The number of morpholine rings is 1. The zero-order valence-electron chi connectivity index (χ0n) is 11.4. The van der Waals surface area contributed by atoms with Gasteiger partial charge in [-0.15, -0.1) is 0 Å². The molecule has 1 aliphatic rings. The Bertz CT molecular complexity index is 399. The van der Waals surface area contributed by atoms with Gasteiger partial charge in [-0.05, 0) is 37.5 Å². The lowest BCUT2D eigenvalue weighted by molar-refractivity contribution is -0.0635. The van der Waals surface area contributed by atoms with Crippen LogP contribution in [0.3, 0.4) is 0 Å². The monoisotopic (exact) mass is 267 g/mol. The Hall–Kier alpha value is -0.970. The highest BCUT2D eigenvalue weighted by molar-refractivity contribution is 5.16. The maximum atomic E-state index is 13.1. The fraction of sp³-hybridized carbons (Fsp3) is 0.600. The van der Waals surface area contributed by atoms with Crippen LogP contribution in [0.15, 0.2) is 24.3 Å². The lowest BCUT2D eigenvalue weighted by Crippen LogP contribution is -2.48. The second-order valence-corrected chi connectivity index (χ2v) is 5.19. The van der Waals surface area contributed by atoms with E-state index in [2.05, 4.69) is 11.8 Å². The molecule has 1 N–H and O–H groups in total. The van der Waals surface area contributed by atoms with Gasteiger partial charge in [0.2, 0.25) is 0 Å². The molecule has 0 aromatic heterocycles. The van der Waals surface area contributed by atoms with Gasteiger partial charge < -0.3 is 9.84 Å². The number of ether oxygens (including phenoxy) is 1. The van der Waals surface area contributed by atoms with E-state index in [4.69, 9.17) is 9.84 Å². The molecule has 4 heteroatoms. The van der Waals surface area contributed by atoms with E-state index < -0.39 is 0 Å². The van der Waals surface area contributed by atoms with Crippen molar-refractivity contribution in [3.05, 3.63) is 35.6 Å². The summed E-state index contributed by atoms with van der Waals surface area (Å²) >= 11 is 0. The smallest absolute Gasteiger partial charge is 0.123 e. The van der Waals surface area contributed by atoms with Crippen molar-refractivity contribution in [1.82, 2.24) is 4.90 Å². The molecule has 1 fully saturated rings. The van der Waals surface area contributed by atoms with Gasteiger partial charge in [0.1, 0.15) is 5.82 Å². The molecule has 3 nitrogen and oxygen atoms in total. The minimum absolute atomic E-state index is 0.0645. The van der Waals surface area contributed by atoms with Crippen molar-refractivity contribution in [3.63, 3.8) is 0 Å². The third kappa shape index (κ3) is 4.27. The van der Waals surface area contributed by atoms with Crippen molar-refractivity contribution in [1.29, 1.82) is 0 Å². The molecule has 1 aromatic carbocycles. The van der Waals surface area contributed by atoms with Gasteiger partial charge in [-0.3, -0.25) is 4.90 Å². The molecule has 0 aliphatic carbocycles. The molecule has 0 unspecified atom stereocenters. The van der Waals surface area contributed by atoms with Gasteiger partial charge in [-0.1, -0.05) is 12.1 Å². The fourth-order valence-corrected chi connectivity index (χ4v) is 2.50. The van der Waals surface area contributed by atoms with Crippen LogP contribution in [0.4, 0.5) is 4.39 Å². The van der Waals surface area contributed by atoms with Gasteiger partial charge in [0, 0.05) is 19.1 Å². The molecule has 19 heavy (non-hydrogen) atoms. The first-order valence-corrected chi connectivity index (χ1v) is 6.90. The minimum atomic E-state index is -0.170. The van der Waals surface area contributed by atoms with E-state index in [1.807, 2.05) is 6.07 Å². The van der Waals surface area contributed by atoms with E-state index in [9.17, 15) is 4.39 Å². The van der Waals surface area contributed by atoms with Gasteiger partial charge in [0.05, 0.1) is 19.3 Å². The van der Waals surface area contributed by atoms with Crippen LogP contribution in [0.25, 0.3) is 0 Å². The molecule has 0 saturated carbocycles. The van der Waals surface area contributed by atoms with E-state index >= 15 is 0 Å². The summed E-state index contributed by atoms with van der Waals surface area (Å²) in [5.41, 5.74) is 1.04. The number of hydrogen-bond acceptors (Lipinski definition) is 3. The van der Waals surface area contributed by atoms with Crippen LogP contribution in [0.5, 0.6) is 0 Å². The Balaban J connectivity index is 1.82. The fourth-order valence-electron chi connectivity index (χ4n) is 2.50. The first-order valence-electron chi connectivity index (χ1n) is 6.90. The molecule has 1 heterocycles. The summed E-state index contributed by atoms with van der Waals surface area (Å²) < 4.78 is 18.5. The van der Waals surface area contributed by atoms with E-state index in [0.717, 1.165) is 31.5 Å². The number of rotatable bonds is 5. The third-order valence-electron chi connectivity index (χ3n) is 3.74. The molecular formula is C15H22FNO2. The summed E-state index contributed by atoms with van der Waals surface area (Å²) in [6.07, 6.45) is 1.80. The number of nitrogens with zero attached hydrogens (tertiary/aromatic N) is 1. The molecule has 1 aliphatic heterocycles. The molecule has 2 atom stereocenters. The van der Waals surface area contributed by atoms with Crippen molar-refractivity contribution < 1.29 is 14.2 Å². The topological polar surface area (TPSA) is 32.7 Å². The highest BCUT2D eigenvalue weighted by Gasteiger charge is 2.23. The molecule has 0 spiro atoms. The average molecular weight is 267 g/mol. The second kappa shape index (κ2) is 6.98. The predicted molar refractivity (Wildman–Crippen MR) is 72.6 cm³/mol. The van der Waals surface area contributed by atoms with Gasteiger partial charge >= 0.3 is 0 Å². The quantitative estimate of drug-likeness (QED) is 0.883. The highest BCUT2D eigenvalue weighted by Crippen LogP contribution is 2.14. The first-order chi connectivity index (χ1) is 9.19. The van der Waals surface area contributed by atoms with Crippen LogP contribution in [0, 0.1) is 5.82 Å². The largest absolute Gasteiger partial charge is 0.394 e. The summed E-state index contributed by atoms with van der Waals surface area (Å²) in [7, 11) is 0. The van der Waals surface area contributed by atoms with Gasteiger partial charge in [-0.2, -0.15) is 0 Å². The summed E-state index contributed by atoms with van der Waals surface area (Å²) in [5.74, 6) is -0.170. The first kappa shape index (κ1) is 14.4. The number of hydrogen-bond donors (Lipinski definition) is 1. The van der Waals surface area contributed by atoms with Gasteiger partial charge in [0.25, 0.3) is 0 Å². The highest BCUT2D eigenvalue weighted by atomic mass is 19.1. The lowest BCUT2D eigenvalue weighted by Gasteiger charge is -2.36. The molecule has 106 valence electrons. The maximum absolute atomic E-state index is 13.1. The SMILES string of the molecule is C[C@H](CCc1cccc(F)c1)N1CCO[C@H](CO)C1. The number of aliphatic hydroxyl groups is 1. The normalized spacial score (nSPS) is 22.4. The van der Waals surface area contributed by atoms with E-state index in [1.54, 1.807) is 12.1 Å². The van der Waals surface area contributed by atoms with Crippen LogP contribution < -0.4 is 0 Å². The Kier molecular flexibility index (Phi) is 5.31. The Labute approximate surface area is 114 Å². The second-order valence-electron chi connectivity index (χ2n) is 5.19. The van der Waals surface area contributed by atoms with Crippen molar-refractivity contribution in [2.24, 2.45) is 0 Å². The molecular weight excluding hydrogens is 245 g/mol. The summed E-state index contributed by atoms with van der Waals surface area (Å²) in [4.78, 5) is 2.34. The van der Waals surface area contributed by atoms with E-state index in [1.165, 1.54) is 6.07 Å². The summed E-state index contributed by atoms with van der Waals surface area (Å²) in [6.45, 7) is 4.61. The number of aliphatic hydroxyl groups excluding tert-OH is 1. The van der Waals surface area contributed by atoms with Crippen LogP contribution >= 0.6 is 0 Å². The van der Waals surface area contributed by atoms with Crippen molar-refractivity contribution in [3.8, 4) is 0 Å². The van der Waals surface area contributed by atoms with Crippen LogP contribution in [-0.2, 0) is 11.2 Å². The molecule has 1 aromatic rings. The predicted octanol–water partition coefficient (Wildman–Crippen LogP) is 1.84. The van der Waals surface area contributed by atoms with Crippen molar-refractivity contribution in [2.45, 2.75) is 31.9 Å². The number of halogens is 1. The van der Waals surface area contributed by atoms with Gasteiger partial charge in [-0.25, -0.2) is 4.39 Å². The molecule has 0 bridgehead atoms. The summed E-state index contributed by atoms with van der Waals surface area (Å²) in [6, 6.07) is 7.21. The van der Waals surface area contributed by atoms with E-state index in [-0.39, 0.29) is 18.5 Å². The van der Waals surface area contributed by atoms with Crippen molar-refractivity contribution in [2.75, 3.05) is 26.3 Å². The summed E-state index contributed by atoms with van der Waals surface area (Å²) in [5, 5.41) is 9.14. The maximum Gasteiger partial charge on any atom is 0.123 e. The molecule has 0 amide bonds. The number of benzene rings is 1. The van der Waals surface area contributed by atoms with Crippen molar-refractivity contribution >= 4 is 0 Å². The number of aryl methyl sites for hydroxylation is 1. The Morgan fingerprint density at radius 1 is 1.53 bits per heavy atom. The van der Waals surface area contributed by atoms with Crippen LogP contribution in [-0.4, -0.2) is 48.5 Å². The van der Waals surface area contributed by atoms with E-state index in [0.29, 0.717) is 12.6 Å². The Morgan fingerprint density at radius 2 is 2.37 bits per heavy atom. The van der Waals surface area contributed by atoms with Crippen LogP contribution in [0.2, 0.25) is 0 Å². The zero-order chi connectivity index (χ0) is 13.7. The van der Waals surface area contributed by atoms with Crippen LogP contribution in [0.1, 0.15) is 18.9 Å². The molecule has 2 rings (SSSR count). The third-order valence-corrected chi connectivity index (χ3v) is 3.74.